The second-order valence-electron chi connectivity index (χ2n) is 7.24. The van der Waals surface area contributed by atoms with Gasteiger partial charge in [-0.05, 0) is 49.2 Å². The zero-order chi connectivity index (χ0) is 22.4. The number of hydrogen-bond donors (Lipinski definition) is 1. The fourth-order valence-electron chi connectivity index (χ4n) is 3.26. The van der Waals surface area contributed by atoms with E-state index in [1.165, 1.54) is 6.07 Å². The highest BCUT2D eigenvalue weighted by atomic mass is 35.5. The Hall–Kier alpha value is -2.83. The topological polar surface area (TPSA) is 66.5 Å². The molecule has 0 saturated carbocycles. The number of rotatable bonds is 8. The standard InChI is InChI=1S/C24H25ClN2O3S/c1-3-23(19-8-5-4-6-9-19)26-24(28)17-27(21-11-7-10-20(25)16-21)31(29,30)22-14-12-18(2)13-15-22/h4-16,23H,3,17H2,1-2H3,(H,26,28)/t23-/m0/s1. The molecule has 3 aromatic carbocycles. The summed E-state index contributed by atoms with van der Waals surface area (Å²) in [5, 5.41) is 3.34. The summed E-state index contributed by atoms with van der Waals surface area (Å²) in [7, 11) is -3.98. The third-order valence-corrected chi connectivity index (χ3v) is 6.96. The maximum Gasteiger partial charge on any atom is 0.264 e. The number of aryl methyl sites for hydroxylation is 1. The molecule has 3 aromatic rings. The van der Waals surface area contributed by atoms with Crippen LogP contribution in [0.15, 0.2) is 83.8 Å². The van der Waals surface area contributed by atoms with Crippen molar-refractivity contribution in [3.63, 3.8) is 0 Å². The first-order chi connectivity index (χ1) is 14.8. The molecule has 1 N–H and O–H groups in total. The van der Waals surface area contributed by atoms with Crippen molar-refractivity contribution in [2.45, 2.75) is 31.2 Å². The van der Waals surface area contributed by atoms with E-state index in [2.05, 4.69) is 5.32 Å². The Labute approximate surface area is 188 Å². The SMILES string of the molecule is CC[C@H](NC(=O)CN(c1cccc(Cl)c1)S(=O)(=O)c1ccc(C)cc1)c1ccccc1. The third kappa shape index (κ3) is 5.66. The van der Waals surface area contributed by atoms with E-state index >= 15 is 0 Å². The highest BCUT2D eigenvalue weighted by Crippen LogP contribution is 2.26. The van der Waals surface area contributed by atoms with Gasteiger partial charge in [0.25, 0.3) is 10.0 Å². The lowest BCUT2D eigenvalue weighted by molar-refractivity contribution is -0.120. The van der Waals surface area contributed by atoms with E-state index in [1.807, 2.05) is 44.2 Å². The second-order valence-corrected chi connectivity index (χ2v) is 9.54. The van der Waals surface area contributed by atoms with Gasteiger partial charge in [0.2, 0.25) is 5.91 Å². The molecule has 1 atom stereocenters. The fourth-order valence-corrected chi connectivity index (χ4v) is 4.86. The first kappa shape index (κ1) is 22.8. The van der Waals surface area contributed by atoms with Crippen molar-refractivity contribution in [1.29, 1.82) is 0 Å². The van der Waals surface area contributed by atoms with E-state index in [9.17, 15) is 13.2 Å². The number of benzene rings is 3. The summed E-state index contributed by atoms with van der Waals surface area (Å²) in [6.07, 6.45) is 0.678. The number of carbonyl (C=O) groups excluding carboxylic acids is 1. The monoisotopic (exact) mass is 456 g/mol. The van der Waals surface area contributed by atoms with Crippen LogP contribution in [0.2, 0.25) is 5.02 Å². The number of anilines is 1. The molecule has 7 heteroatoms. The van der Waals surface area contributed by atoms with Crippen LogP contribution >= 0.6 is 11.6 Å². The van der Waals surface area contributed by atoms with Crippen molar-refractivity contribution in [2.75, 3.05) is 10.8 Å². The molecule has 0 aliphatic carbocycles. The van der Waals surface area contributed by atoms with Gasteiger partial charge in [-0.2, -0.15) is 0 Å². The molecule has 0 spiro atoms. The normalized spacial score (nSPS) is 12.2. The molecule has 5 nitrogen and oxygen atoms in total. The van der Waals surface area contributed by atoms with Crippen LogP contribution in [0.3, 0.4) is 0 Å². The van der Waals surface area contributed by atoms with Crippen molar-refractivity contribution in [3.8, 4) is 0 Å². The molecule has 1 amide bonds. The lowest BCUT2D eigenvalue weighted by atomic mass is 10.0. The smallest absolute Gasteiger partial charge is 0.264 e. The molecule has 0 saturated heterocycles. The molecular formula is C24H25ClN2O3S. The molecule has 0 radical (unpaired) electrons. The number of hydrogen-bond acceptors (Lipinski definition) is 3. The first-order valence-corrected chi connectivity index (χ1v) is 11.8. The van der Waals surface area contributed by atoms with Crippen LogP contribution in [0.5, 0.6) is 0 Å². The third-order valence-electron chi connectivity index (χ3n) is 4.94. The van der Waals surface area contributed by atoms with Gasteiger partial charge in [0, 0.05) is 5.02 Å². The first-order valence-electron chi connectivity index (χ1n) is 10.0. The highest BCUT2D eigenvalue weighted by molar-refractivity contribution is 7.92. The zero-order valence-corrected chi connectivity index (χ0v) is 19.0. The molecule has 0 aromatic heterocycles. The van der Waals surface area contributed by atoms with Crippen LogP contribution in [0.4, 0.5) is 5.69 Å². The van der Waals surface area contributed by atoms with Crippen LogP contribution in [0.1, 0.15) is 30.5 Å². The number of nitrogens with zero attached hydrogens (tertiary/aromatic N) is 1. The van der Waals surface area contributed by atoms with Gasteiger partial charge in [0.05, 0.1) is 16.6 Å². The van der Waals surface area contributed by atoms with E-state index in [0.29, 0.717) is 17.1 Å². The molecule has 0 aliphatic rings. The van der Waals surface area contributed by atoms with Gasteiger partial charge in [0.1, 0.15) is 6.54 Å². The number of amides is 1. The largest absolute Gasteiger partial charge is 0.348 e. The second kappa shape index (κ2) is 9.98. The minimum atomic E-state index is -3.98. The molecule has 0 fully saturated rings. The Morgan fingerprint density at radius 3 is 2.29 bits per heavy atom. The lowest BCUT2D eigenvalue weighted by Gasteiger charge is -2.26. The van der Waals surface area contributed by atoms with Crippen LogP contribution in [0, 0.1) is 6.92 Å². The average molecular weight is 457 g/mol. The molecule has 0 bridgehead atoms. The fraction of sp³-hybridized carbons (Fsp3) is 0.208. The Morgan fingerprint density at radius 1 is 1.00 bits per heavy atom. The van der Waals surface area contributed by atoms with Gasteiger partial charge in [-0.25, -0.2) is 8.42 Å². The van der Waals surface area contributed by atoms with Gasteiger partial charge in [-0.3, -0.25) is 9.10 Å². The Morgan fingerprint density at radius 2 is 1.68 bits per heavy atom. The predicted molar refractivity (Wildman–Crippen MR) is 125 cm³/mol. The quantitative estimate of drug-likeness (QED) is 0.512. The summed E-state index contributed by atoms with van der Waals surface area (Å²) in [6.45, 7) is 3.49. The molecule has 162 valence electrons. The maximum absolute atomic E-state index is 13.4. The van der Waals surface area contributed by atoms with Crippen LogP contribution in [0.25, 0.3) is 0 Å². The van der Waals surface area contributed by atoms with E-state index in [4.69, 9.17) is 11.6 Å². The van der Waals surface area contributed by atoms with Crippen molar-refractivity contribution in [1.82, 2.24) is 5.32 Å². The maximum atomic E-state index is 13.4. The Kier molecular flexibility index (Phi) is 7.36. The lowest BCUT2D eigenvalue weighted by Crippen LogP contribution is -2.42. The van der Waals surface area contributed by atoms with Crippen LogP contribution in [-0.2, 0) is 14.8 Å². The molecule has 0 aliphatic heterocycles. The zero-order valence-electron chi connectivity index (χ0n) is 17.5. The molecule has 31 heavy (non-hydrogen) atoms. The van der Waals surface area contributed by atoms with Crippen LogP contribution < -0.4 is 9.62 Å². The number of carbonyl (C=O) groups is 1. The van der Waals surface area contributed by atoms with Crippen molar-refractivity contribution in [2.24, 2.45) is 0 Å². The van der Waals surface area contributed by atoms with E-state index in [-0.39, 0.29) is 17.5 Å². The summed E-state index contributed by atoms with van der Waals surface area (Å²) < 4.78 is 27.9. The highest BCUT2D eigenvalue weighted by Gasteiger charge is 2.28. The minimum Gasteiger partial charge on any atom is -0.348 e. The van der Waals surface area contributed by atoms with Gasteiger partial charge in [-0.1, -0.05) is 72.6 Å². The Balaban J connectivity index is 1.91. The Bertz CT molecular complexity index is 1130. The molecular weight excluding hydrogens is 432 g/mol. The van der Waals surface area contributed by atoms with Gasteiger partial charge < -0.3 is 5.32 Å². The summed E-state index contributed by atoms with van der Waals surface area (Å²) in [4.78, 5) is 13.0. The average Bonchev–Trinajstić information content (AvgIpc) is 2.76. The van der Waals surface area contributed by atoms with E-state index < -0.39 is 15.9 Å². The van der Waals surface area contributed by atoms with Crippen molar-refractivity contribution < 1.29 is 13.2 Å². The van der Waals surface area contributed by atoms with Gasteiger partial charge >= 0.3 is 0 Å². The number of nitrogens with one attached hydrogen (secondary N) is 1. The molecule has 0 unspecified atom stereocenters. The summed E-state index contributed by atoms with van der Waals surface area (Å²) in [5.74, 6) is -0.397. The van der Waals surface area contributed by atoms with E-state index in [1.54, 1.807) is 42.5 Å². The minimum absolute atomic E-state index is 0.112. The van der Waals surface area contributed by atoms with Crippen molar-refractivity contribution >= 4 is 33.2 Å². The summed E-state index contributed by atoms with van der Waals surface area (Å²) in [6, 6.07) is 22.4. The van der Waals surface area contributed by atoms with Crippen molar-refractivity contribution in [3.05, 3.63) is 95.0 Å². The van der Waals surface area contributed by atoms with Crippen LogP contribution in [-0.4, -0.2) is 20.9 Å². The summed E-state index contributed by atoms with van der Waals surface area (Å²) >= 11 is 6.11. The van der Waals surface area contributed by atoms with Gasteiger partial charge in [0.15, 0.2) is 0 Å². The number of sulfonamides is 1. The number of halogens is 1. The molecule has 3 rings (SSSR count). The predicted octanol–water partition coefficient (Wildman–Crippen LogP) is 5.11. The molecule has 0 heterocycles. The van der Waals surface area contributed by atoms with E-state index in [0.717, 1.165) is 15.4 Å². The van der Waals surface area contributed by atoms with Gasteiger partial charge in [-0.15, -0.1) is 0 Å². The summed E-state index contributed by atoms with van der Waals surface area (Å²) in [5.41, 5.74) is 2.24.